The van der Waals surface area contributed by atoms with Gasteiger partial charge < -0.3 is 19.7 Å². The van der Waals surface area contributed by atoms with Gasteiger partial charge in [0.05, 0.1) is 14.2 Å². The Morgan fingerprint density at radius 2 is 1.71 bits per heavy atom. The van der Waals surface area contributed by atoms with Crippen LogP contribution in [0.4, 0.5) is 0 Å². The van der Waals surface area contributed by atoms with E-state index in [-0.39, 0.29) is 28.4 Å². The Kier molecular flexibility index (Phi) is 4.03. The minimum atomic E-state index is -0.442. The average molecular weight is 288 g/mol. The average Bonchev–Trinajstić information content (AvgIpc) is 2.48. The van der Waals surface area contributed by atoms with Gasteiger partial charge in [0.1, 0.15) is 28.6 Å². The summed E-state index contributed by atoms with van der Waals surface area (Å²) in [4.78, 5) is 12.5. The van der Waals surface area contributed by atoms with Gasteiger partial charge in [-0.3, -0.25) is 4.79 Å². The topological polar surface area (TPSA) is 76.0 Å². The van der Waals surface area contributed by atoms with Crippen LogP contribution in [0.2, 0.25) is 0 Å². The van der Waals surface area contributed by atoms with Crippen molar-refractivity contribution in [3.05, 3.63) is 47.0 Å². The number of carbonyl (C=O) groups excluding carboxylic acids is 1. The molecule has 0 aliphatic heterocycles. The van der Waals surface area contributed by atoms with Crippen LogP contribution in [0.3, 0.4) is 0 Å². The summed E-state index contributed by atoms with van der Waals surface area (Å²) in [6.45, 7) is 1.73. The number of phenols is 2. The highest BCUT2D eigenvalue weighted by Crippen LogP contribution is 2.35. The van der Waals surface area contributed by atoms with E-state index in [0.29, 0.717) is 11.3 Å². The quantitative estimate of drug-likeness (QED) is 0.846. The summed E-state index contributed by atoms with van der Waals surface area (Å²) in [7, 11) is 2.85. The van der Waals surface area contributed by atoms with Gasteiger partial charge in [0, 0.05) is 17.7 Å². The van der Waals surface area contributed by atoms with Crippen molar-refractivity contribution in [2.24, 2.45) is 0 Å². The Balaban J connectivity index is 2.54. The molecule has 0 spiro atoms. The lowest BCUT2D eigenvalue weighted by atomic mass is 9.99. The maximum Gasteiger partial charge on any atom is 0.200 e. The second-order valence-corrected chi connectivity index (χ2v) is 4.55. The Bertz CT molecular complexity index is 691. The molecule has 0 fully saturated rings. The van der Waals surface area contributed by atoms with E-state index < -0.39 is 5.78 Å². The summed E-state index contributed by atoms with van der Waals surface area (Å²) in [5, 5.41) is 19.8. The second kappa shape index (κ2) is 5.75. The first-order chi connectivity index (χ1) is 9.97. The Labute approximate surface area is 122 Å². The normalized spacial score (nSPS) is 10.2. The van der Waals surface area contributed by atoms with Gasteiger partial charge in [0.2, 0.25) is 5.78 Å². The molecule has 0 amide bonds. The van der Waals surface area contributed by atoms with Gasteiger partial charge in [-0.05, 0) is 18.6 Å². The molecule has 0 aliphatic carbocycles. The van der Waals surface area contributed by atoms with Crippen molar-refractivity contribution >= 4 is 5.78 Å². The molecule has 2 rings (SSSR count). The molecule has 2 N–H and O–H groups in total. The number of ether oxygens (including phenoxy) is 2. The molecule has 5 nitrogen and oxygen atoms in total. The lowest BCUT2D eigenvalue weighted by Gasteiger charge is -2.12. The molecule has 110 valence electrons. The van der Waals surface area contributed by atoms with Gasteiger partial charge in [-0.25, -0.2) is 0 Å². The Morgan fingerprint density at radius 3 is 2.29 bits per heavy atom. The third kappa shape index (κ3) is 2.76. The summed E-state index contributed by atoms with van der Waals surface area (Å²) < 4.78 is 10.2. The van der Waals surface area contributed by atoms with Crippen LogP contribution < -0.4 is 9.47 Å². The molecule has 0 atom stereocenters. The maximum absolute atomic E-state index is 12.5. The molecule has 0 bridgehead atoms. The van der Waals surface area contributed by atoms with Crippen molar-refractivity contribution < 1.29 is 24.5 Å². The Morgan fingerprint density at radius 1 is 1.00 bits per heavy atom. The second-order valence-electron chi connectivity index (χ2n) is 4.55. The van der Waals surface area contributed by atoms with Crippen molar-refractivity contribution in [1.82, 2.24) is 0 Å². The lowest BCUT2D eigenvalue weighted by molar-refractivity contribution is 0.103. The number of aromatic hydroxyl groups is 2. The van der Waals surface area contributed by atoms with E-state index >= 15 is 0 Å². The molecular formula is C16H16O5. The predicted molar refractivity (Wildman–Crippen MR) is 77.5 cm³/mol. The fraction of sp³-hybridized carbons (Fsp3) is 0.188. The van der Waals surface area contributed by atoms with Crippen molar-refractivity contribution in [2.45, 2.75) is 6.92 Å². The molecule has 0 aliphatic rings. The zero-order valence-electron chi connectivity index (χ0n) is 12.0. The number of methoxy groups -OCH3 is 2. The molecular weight excluding hydrogens is 272 g/mol. The molecule has 0 saturated heterocycles. The van der Waals surface area contributed by atoms with Gasteiger partial charge in [-0.2, -0.15) is 0 Å². The number of rotatable bonds is 4. The Hall–Kier alpha value is -2.69. The monoisotopic (exact) mass is 288 g/mol. The molecule has 0 aromatic heterocycles. The van der Waals surface area contributed by atoms with E-state index in [4.69, 9.17) is 9.47 Å². The number of hydrogen-bond acceptors (Lipinski definition) is 5. The molecule has 0 saturated carbocycles. The zero-order chi connectivity index (χ0) is 15.6. The van der Waals surface area contributed by atoms with Gasteiger partial charge in [0.25, 0.3) is 0 Å². The lowest BCUT2D eigenvalue weighted by Crippen LogP contribution is -2.05. The van der Waals surface area contributed by atoms with Crippen LogP contribution in [0, 0.1) is 6.92 Å². The van der Waals surface area contributed by atoms with Crippen LogP contribution in [-0.2, 0) is 0 Å². The number of phenolic OH excluding ortho intramolecular Hbond substituents is 2. The SMILES string of the molecule is COc1cc(O)c(C(=O)c2ccc(C)c(O)c2)c(OC)c1. The molecule has 5 heteroatoms. The van der Waals surface area contributed by atoms with E-state index in [1.54, 1.807) is 19.1 Å². The third-order valence-corrected chi connectivity index (χ3v) is 3.21. The van der Waals surface area contributed by atoms with E-state index in [0.717, 1.165) is 0 Å². The van der Waals surface area contributed by atoms with Gasteiger partial charge in [-0.15, -0.1) is 0 Å². The minimum Gasteiger partial charge on any atom is -0.508 e. The van der Waals surface area contributed by atoms with E-state index in [1.807, 2.05) is 0 Å². The highest BCUT2D eigenvalue weighted by atomic mass is 16.5. The van der Waals surface area contributed by atoms with E-state index in [2.05, 4.69) is 0 Å². The minimum absolute atomic E-state index is 0.0211. The summed E-state index contributed by atoms with van der Waals surface area (Å²) >= 11 is 0. The summed E-state index contributed by atoms with van der Waals surface area (Å²) in [6.07, 6.45) is 0. The van der Waals surface area contributed by atoms with Crippen LogP contribution in [-0.4, -0.2) is 30.2 Å². The molecule has 0 heterocycles. The number of aryl methyl sites for hydroxylation is 1. The van der Waals surface area contributed by atoms with E-state index in [1.165, 1.54) is 32.4 Å². The smallest absolute Gasteiger partial charge is 0.200 e. The van der Waals surface area contributed by atoms with Crippen LogP contribution in [0.1, 0.15) is 21.5 Å². The predicted octanol–water partition coefficient (Wildman–Crippen LogP) is 2.65. The van der Waals surface area contributed by atoms with Gasteiger partial charge >= 0.3 is 0 Å². The summed E-state index contributed by atoms with van der Waals surface area (Å²) in [6, 6.07) is 7.43. The first-order valence-corrected chi connectivity index (χ1v) is 6.27. The number of benzene rings is 2. The number of ketones is 1. The first-order valence-electron chi connectivity index (χ1n) is 6.27. The number of carbonyl (C=O) groups is 1. The summed E-state index contributed by atoms with van der Waals surface area (Å²) in [5.41, 5.74) is 0.955. The first kappa shape index (κ1) is 14.7. The van der Waals surface area contributed by atoms with Crippen molar-refractivity contribution in [1.29, 1.82) is 0 Å². The van der Waals surface area contributed by atoms with Crippen LogP contribution in [0.25, 0.3) is 0 Å². The highest BCUT2D eigenvalue weighted by molar-refractivity contribution is 6.12. The fourth-order valence-corrected chi connectivity index (χ4v) is 1.98. The zero-order valence-corrected chi connectivity index (χ0v) is 12.0. The molecule has 0 radical (unpaired) electrons. The van der Waals surface area contributed by atoms with Crippen LogP contribution in [0.15, 0.2) is 30.3 Å². The largest absolute Gasteiger partial charge is 0.508 e. The summed E-state index contributed by atoms with van der Waals surface area (Å²) in [5.74, 6) is -0.0732. The molecule has 0 unspecified atom stereocenters. The fourth-order valence-electron chi connectivity index (χ4n) is 1.98. The molecule has 2 aromatic rings. The van der Waals surface area contributed by atoms with Crippen molar-refractivity contribution in [3.63, 3.8) is 0 Å². The van der Waals surface area contributed by atoms with Crippen LogP contribution in [0.5, 0.6) is 23.0 Å². The van der Waals surface area contributed by atoms with Crippen molar-refractivity contribution in [2.75, 3.05) is 14.2 Å². The highest BCUT2D eigenvalue weighted by Gasteiger charge is 2.21. The van der Waals surface area contributed by atoms with Gasteiger partial charge in [-0.1, -0.05) is 12.1 Å². The van der Waals surface area contributed by atoms with Crippen molar-refractivity contribution in [3.8, 4) is 23.0 Å². The van der Waals surface area contributed by atoms with Gasteiger partial charge in [0.15, 0.2) is 0 Å². The number of hydrogen-bond donors (Lipinski definition) is 2. The third-order valence-electron chi connectivity index (χ3n) is 3.21. The standard InChI is InChI=1S/C16H16O5/c1-9-4-5-10(6-12(9)17)16(19)15-13(18)7-11(20-2)8-14(15)21-3/h4-8,17-18H,1-3H3. The molecule has 21 heavy (non-hydrogen) atoms. The van der Waals surface area contributed by atoms with Crippen LogP contribution >= 0.6 is 0 Å². The maximum atomic E-state index is 12.5. The van der Waals surface area contributed by atoms with E-state index in [9.17, 15) is 15.0 Å². The molecule has 2 aromatic carbocycles.